The van der Waals surface area contributed by atoms with Gasteiger partial charge in [0.1, 0.15) is 4.88 Å². The Balaban J connectivity index is 0.000000211. The van der Waals surface area contributed by atoms with E-state index in [9.17, 15) is 4.79 Å². The van der Waals surface area contributed by atoms with Crippen LogP contribution in [0.15, 0.2) is 29.6 Å². The fraction of sp³-hybridized carbons (Fsp3) is 0.211. The van der Waals surface area contributed by atoms with Gasteiger partial charge in [0.2, 0.25) is 0 Å². The van der Waals surface area contributed by atoms with Gasteiger partial charge in [-0.05, 0) is 17.5 Å². The Labute approximate surface area is 190 Å². The van der Waals surface area contributed by atoms with Crippen molar-refractivity contribution in [1.82, 2.24) is 9.97 Å². The second-order valence-electron chi connectivity index (χ2n) is 5.50. The predicted octanol–water partition coefficient (Wildman–Crippen LogP) is 4.32. The third-order valence-electron chi connectivity index (χ3n) is 3.84. The van der Waals surface area contributed by atoms with Crippen LogP contribution < -0.4 is 18.9 Å². The Hall–Kier alpha value is -2.59. The molecule has 8 nitrogen and oxygen atoms in total. The third kappa shape index (κ3) is 4.93. The smallest absolute Gasteiger partial charge is 0.345 e. The second kappa shape index (κ2) is 10.4. The molecule has 1 N–H and O–H groups in total. The van der Waals surface area contributed by atoms with Crippen LogP contribution in [0.2, 0.25) is 0 Å². The van der Waals surface area contributed by atoms with Crippen molar-refractivity contribution in [1.29, 1.82) is 0 Å². The van der Waals surface area contributed by atoms with Crippen molar-refractivity contribution in [2.75, 3.05) is 28.4 Å². The summed E-state index contributed by atoms with van der Waals surface area (Å²) >= 11 is 2.79. The average Bonchev–Trinajstić information content (AvgIpc) is 3.37. The summed E-state index contributed by atoms with van der Waals surface area (Å²) in [6.45, 7) is 0. The van der Waals surface area contributed by atoms with Crippen molar-refractivity contribution in [2.45, 2.75) is 0 Å². The molecule has 1 radical (unpaired) electrons. The number of ether oxygens (including phenoxy) is 4. The molecule has 4 aromatic heterocycles. The van der Waals surface area contributed by atoms with Gasteiger partial charge in [-0.2, -0.15) is 0 Å². The largest absolute Gasteiger partial charge is 0.491 e. The minimum Gasteiger partial charge on any atom is -0.491 e. The van der Waals surface area contributed by atoms with E-state index >= 15 is 0 Å². The van der Waals surface area contributed by atoms with Crippen LogP contribution in [0.25, 0.3) is 20.4 Å². The molecular formula is C19H18CuN2O6S2. The number of carboxylic acid groups (broad SMARTS) is 1. The van der Waals surface area contributed by atoms with E-state index < -0.39 is 5.97 Å². The van der Waals surface area contributed by atoms with E-state index in [0.717, 1.165) is 26.3 Å². The van der Waals surface area contributed by atoms with Crippen LogP contribution in [0.1, 0.15) is 9.67 Å². The van der Waals surface area contributed by atoms with Crippen LogP contribution in [0.4, 0.5) is 0 Å². The number of nitrogens with zero attached hydrogens (tertiary/aromatic N) is 2. The monoisotopic (exact) mass is 497 g/mol. The molecule has 4 aromatic rings. The predicted molar refractivity (Wildman–Crippen MR) is 112 cm³/mol. The van der Waals surface area contributed by atoms with Crippen LogP contribution in [-0.4, -0.2) is 49.5 Å². The number of carboxylic acids is 1. The summed E-state index contributed by atoms with van der Waals surface area (Å²) in [5.74, 6) is 1.10. The van der Waals surface area contributed by atoms with Crippen molar-refractivity contribution >= 4 is 49.1 Å². The molecule has 0 amide bonds. The van der Waals surface area contributed by atoms with E-state index in [2.05, 4.69) is 9.97 Å². The first kappa shape index (κ1) is 23.7. The van der Waals surface area contributed by atoms with Crippen LogP contribution in [0.3, 0.4) is 0 Å². The summed E-state index contributed by atoms with van der Waals surface area (Å²) < 4.78 is 22.2. The van der Waals surface area contributed by atoms with Gasteiger partial charge < -0.3 is 24.1 Å². The molecule has 0 saturated carbocycles. The second-order valence-corrected chi connectivity index (χ2v) is 7.53. The molecule has 4 rings (SSSR count). The third-order valence-corrected chi connectivity index (χ3v) is 5.75. The van der Waals surface area contributed by atoms with E-state index in [4.69, 9.17) is 24.1 Å². The van der Waals surface area contributed by atoms with Crippen molar-refractivity contribution in [3.05, 3.63) is 34.5 Å². The summed E-state index contributed by atoms with van der Waals surface area (Å²) in [6.07, 6.45) is 0. The topological polar surface area (TPSA) is 100 Å². The van der Waals surface area contributed by atoms with Crippen LogP contribution in [-0.2, 0) is 17.1 Å². The summed E-state index contributed by atoms with van der Waals surface area (Å²) in [5, 5.41) is 10.9. The minimum atomic E-state index is -0.957. The molecule has 11 heteroatoms. The SMILES string of the molecule is COc1cc2sc(C(=O)O)cc2nc1OC.COc1cc2sccc2nc1OC.[Cu]. The number of hydrogen-bond donors (Lipinski definition) is 1. The van der Waals surface area contributed by atoms with Crippen molar-refractivity contribution in [3.8, 4) is 23.3 Å². The Morgan fingerprint density at radius 3 is 1.97 bits per heavy atom. The summed E-state index contributed by atoms with van der Waals surface area (Å²) in [6, 6.07) is 7.14. The number of thiophene rings is 2. The van der Waals surface area contributed by atoms with Gasteiger partial charge in [-0.25, -0.2) is 14.8 Å². The number of aromatic nitrogens is 2. The summed E-state index contributed by atoms with van der Waals surface area (Å²) in [7, 11) is 6.19. The Morgan fingerprint density at radius 2 is 1.43 bits per heavy atom. The molecule has 0 atom stereocenters. The van der Waals surface area contributed by atoms with Gasteiger partial charge in [-0.3, -0.25) is 0 Å². The van der Waals surface area contributed by atoms with Gasteiger partial charge >= 0.3 is 5.97 Å². The first-order valence-corrected chi connectivity index (χ1v) is 9.92. The van der Waals surface area contributed by atoms with Crippen LogP contribution in [0.5, 0.6) is 23.3 Å². The number of aromatic carboxylic acids is 1. The number of methoxy groups -OCH3 is 4. The average molecular weight is 498 g/mol. The van der Waals surface area contributed by atoms with Crippen LogP contribution >= 0.6 is 22.7 Å². The number of rotatable bonds is 5. The van der Waals surface area contributed by atoms with Crippen molar-refractivity contribution in [2.24, 2.45) is 0 Å². The molecule has 0 aliphatic carbocycles. The molecule has 4 heterocycles. The molecule has 30 heavy (non-hydrogen) atoms. The fourth-order valence-electron chi connectivity index (χ4n) is 2.48. The van der Waals surface area contributed by atoms with E-state index in [1.165, 1.54) is 20.3 Å². The molecule has 0 aliphatic rings. The number of carbonyl (C=O) groups is 1. The quantitative estimate of drug-likeness (QED) is 0.407. The van der Waals surface area contributed by atoms with E-state index in [-0.39, 0.29) is 21.9 Å². The molecule has 0 saturated heterocycles. The van der Waals surface area contributed by atoms with E-state index in [1.807, 2.05) is 17.5 Å². The molecule has 0 unspecified atom stereocenters. The van der Waals surface area contributed by atoms with Crippen molar-refractivity contribution in [3.63, 3.8) is 0 Å². The fourth-order valence-corrected chi connectivity index (χ4v) is 4.10. The zero-order valence-electron chi connectivity index (χ0n) is 16.4. The molecular weight excluding hydrogens is 480 g/mol. The van der Waals surface area contributed by atoms with Gasteiger partial charge in [0.25, 0.3) is 11.8 Å². The molecule has 163 valence electrons. The normalized spacial score (nSPS) is 10.0. The van der Waals surface area contributed by atoms with Gasteiger partial charge in [0.15, 0.2) is 11.5 Å². The maximum Gasteiger partial charge on any atom is 0.345 e. The standard InChI is InChI=1S/C10H9NO4S.C9H9NO2S.Cu/c1-14-6-4-7-5(11-9(6)15-2)3-8(16-7)10(12)13;1-11-7-5-8-6(3-4-13-8)10-9(7)12-2;/h3-4H,1-2H3,(H,12,13);3-5H,1-2H3;. The van der Waals surface area contributed by atoms with Gasteiger partial charge in [-0.15, -0.1) is 22.7 Å². The van der Waals surface area contributed by atoms with Gasteiger partial charge in [0.05, 0.1) is 48.9 Å². The number of hydrogen-bond acceptors (Lipinski definition) is 9. The minimum absolute atomic E-state index is 0. The van der Waals surface area contributed by atoms with Crippen molar-refractivity contribution < 1.29 is 45.9 Å². The summed E-state index contributed by atoms with van der Waals surface area (Å²) in [5.41, 5.74) is 1.54. The van der Waals surface area contributed by atoms with Gasteiger partial charge in [-0.1, -0.05) is 0 Å². The molecule has 0 fully saturated rings. The zero-order valence-corrected chi connectivity index (χ0v) is 19.0. The number of pyridine rings is 2. The molecule has 0 bridgehead atoms. The Morgan fingerprint density at radius 1 is 0.867 bits per heavy atom. The van der Waals surface area contributed by atoms with E-state index in [0.29, 0.717) is 28.8 Å². The first-order chi connectivity index (χ1) is 14.0. The van der Waals surface area contributed by atoms with Gasteiger partial charge in [0, 0.05) is 29.2 Å². The Bertz CT molecular complexity index is 1080. The maximum atomic E-state index is 10.8. The molecule has 0 aromatic carbocycles. The van der Waals surface area contributed by atoms with Crippen LogP contribution in [0, 0.1) is 0 Å². The molecule has 0 spiro atoms. The first-order valence-electron chi connectivity index (χ1n) is 8.22. The molecule has 0 aliphatic heterocycles. The summed E-state index contributed by atoms with van der Waals surface area (Å²) in [4.78, 5) is 19.5. The maximum absolute atomic E-state index is 10.8. The Kier molecular flexibility index (Phi) is 8.24. The van der Waals surface area contributed by atoms with E-state index in [1.54, 1.807) is 31.6 Å². The number of fused-ring (bicyclic) bond motifs is 2. The zero-order chi connectivity index (χ0) is 21.0.